The normalized spacial score (nSPS) is 12.6. The molecule has 1 rings (SSSR count). The van der Waals surface area contributed by atoms with Crippen molar-refractivity contribution in [1.29, 1.82) is 0 Å². The van der Waals surface area contributed by atoms with Crippen LogP contribution in [0.2, 0.25) is 0 Å². The molecule has 134 valence electrons. The van der Waals surface area contributed by atoms with Crippen molar-refractivity contribution >= 4 is 44.2 Å². The van der Waals surface area contributed by atoms with Crippen molar-refractivity contribution in [3.05, 3.63) is 17.2 Å². The van der Waals surface area contributed by atoms with Crippen LogP contribution in [0.25, 0.3) is 5.57 Å². The fourth-order valence-electron chi connectivity index (χ4n) is 1.52. The summed E-state index contributed by atoms with van der Waals surface area (Å²) < 4.78 is 31.7. The number of carbonyl (C=O) groups excluding carboxylic acids is 2. The molecule has 10 heteroatoms. The molecule has 0 saturated heterocycles. The van der Waals surface area contributed by atoms with E-state index in [1.807, 2.05) is 0 Å². The molecule has 24 heavy (non-hydrogen) atoms. The van der Waals surface area contributed by atoms with E-state index < -0.39 is 27.8 Å². The van der Waals surface area contributed by atoms with Crippen LogP contribution in [-0.4, -0.2) is 37.3 Å². The highest BCUT2D eigenvalue weighted by Gasteiger charge is 2.22. The highest BCUT2D eigenvalue weighted by molar-refractivity contribution is 7.86. The van der Waals surface area contributed by atoms with Gasteiger partial charge in [-0.1, -0.05) is 13.0 Å². The van der Waals surface area contributed by atoms with Crippen molar-refractivity contribution in [3.63, 3.8) is 0 Å². The number of carbonyl (C=O) groups is 2. The number of hydrogen-bond acceptors (Lipinski definition) is 8. The average Bonchev–Trinajstić information content (AvgIpc) is 2.79. The first-order valence-electron chi connectivity index (χ1n) is 7.01. The van der Waals surface area contributed by atoms with E-state index in [-0.39, 0.29) is 16.4 Å². The predicted molar refractivity (Wildman–Crippen MR) is 91.2 cm³/mol. The zero-order chi connectivity index (χ0) is 18.5. The van der Waals surface area contributed by atoms with Crippen molar-refractivity contribution in [2.45, 2.75) is 39.7 Å². The van der Waals surface area contributed by atoms with E-state index in [9.17, 15) is 18.0 Å². The van der Waals surface area contributed by atoms with Crippen LogP contribution in [0.4, 0.5) is 9.93 Å². The zero-order valence-corrected chi connectivity index (χ0v) is 15.7. The van der Waals surface area contributed by atoms with Crippen molar-refractivity contribution in [1.82, 2.24) is 4.98 Å². The fourth-order valence-corrected chi connectivity index (χ4v) is 2.59. The van der Waals surface area contributed by atoms with Crippen LogP contribution >= 0.6 is 11.3 Å². The number of nitrogens with one attached hydrogen (secondary N) is 1. The Bertz CT molecular complexity index is 744. The molecular weight excluding hydrogens is 356 g/mol. The topological polar surface area (TPSA) is 112 Å². The maximum absolute atomic E-state index is 12.0. The second-order valence-corrected chi connectivity index (χ2v) is 8.20. The number of nitrogens with zero attached hydrogens (tertiary/aromatic N) is 1. The minimum absolute atomic E-state index is 0.0106. The smallest absolute Gasteiger partial charge is 0.413 e. The summed E-state index contributed by atoms with van der Waals surface area (Å²) in [7, 11) is -3.93. The van der Waals surface area contributed by atoms with Crippen LogP contribution in [0, 0.1) is 0 Å². The summed E-state index contributed by atoms with van der Waals surface area (Å²) in [5.74, 6) is -1.02. The molecule has 8 nitrogen and oxygen atoms in total. The Labute approximate surface area is 145 Å². The van der Waals surface area contributed by atoms with Crippen molar-refractivity contribution in [3.8, 4) is 0 Å². The molecule has 1 heterocycles. The first kappa shape index (κ1) is 20.1. The highest BCUT2D eigenvalue weighted by Crippen LogP contribution is 2.24. The molecule has 0 radical (unpaired) electrons. The third-order valence-corrected chi connectivity index (χ3v) is 3.46. The molecule has 0 aliphatic heterocycles. The summed E-state index contributed by atoms with van der Waals surface area (Å²) in [5.41, 5.74) is -0.436. The van der Waals surface area contributed by atoms with E-state index in [2.05, 4.69) is 14.5 Å². The van der Waals surface area contributed by atoms with E-state index in [4.69, 9.17) is 4.74 Å². The van der Waals surface area contributed by atoms with E-state index in [1.54, 1.807) is 27.7 Å². The SMILES string of the molecule is CC/C=C(\C(=O)OS(C)(=O)=O)c1csc(NC(=O)OC(C)(C)C)n1. The van der Waals surface area contributed by atoms with Gasteiger partial charge in [-0.25, -0.2) is 14.6 Å². The van der Waals surface area contributed by atoms with Gasteiger partial charge < -0.3 is 8.92 Å². The Morgan fingerprint density at radius 3 is 2.50 bits per heavy atom. The minimum Gasteiger partial charge on any atom is -0.444 e. The lowest BCUT2D eigenvalue weighted by atomic mass is 10.2. The monoisotopic (exact) mass is 376 g/mol. The molecule has 0 aliphatic rings. The summed E-state index contributed by atoms with van der Waals surface area (Å²) in [6, 6.07) is 0. The Morgan fingerprint density at radius 1 is 1.38 bits per heavy atom. The van der Waals surface area contributed by atoms with E-state index >= 15 is 0 Å². The summed E-state index contributed by atoms with van der Waals surface area (Å²) in [4.78, 5) is 27.7. The minimum atomic E-state index is -3.93. The van der Waals surface area contributed by atoms with Gasteiger partial charge in [-0.05, 0) is 27.2 Å². The van der Waals surface area contributed by atoms with Crippen LogP contribution < -0.4 is 5.32 Å². The maximum Gasteiger partial charge on any atom is 0.413 e. The molecule has 1 aromatic heterocycles. The van der Waals surface area contributed by atoms with Crippen LogP contribution in [0.15, 0.2) is 11.5 Å². The Kier molecular flexibility index (Phi) is 6.50. The van der Waals surface area contributed by atoms with Gasteiger partial charge in [-0.2, -0.15) is 8.42 Å². The Hall–Kier alpha value is -1.94. The Morgan fingerprint density at radius 2 is 2.00 bits per heavy atom. The van der Waals surface area contributed by atoms with Crippen LogP contribution in [-0.2, 0) is 23.8 Å². The number of thiazole rings is 1. The lowest BCUT2D eigenvalue weighted by Crippen LogP contribution is -2.27. The molecule has 0 spiro atoms. The predicted octanol–water partition coefficient (Wildman–Crippen LogP) is 2.79. The lowest BCUT2D eigenvalue weighted by Gasteiger charge is -2.18. The quantitative estimate of drug-likeness (QED) is 0.621. The van der Waals surface area contributed by atoms with E-state index in [1.165, 1.54) is 11.5 Å². The molecule has 0 atom stereocenters. The molecule has 0 aromatic carbocycles. The van der Waals surface area contributed by atoms with Gasteiger partial charge in [0.05, 0.1) is 17.5 Å². The number of rotatable bonds is 5. The van der Waals surface area contributed by atoms with Gasteiger partial charge in [-0.15, -0.1) is 11.3 Å². The fraction of sp³-hybridized carbons (Fsp3) is 0.500. The van der Waals surface area contributed by atoms with E-state index in [0.717, 1.165) is 17.6 Å². The standard InChI is InChI=1S/C14H20N2O6S2/c1-6-7-9(11(17)22-24(5,19)20)10-8-23-12(15-10)16-13(18)21-14(2,3)4/h7-8H,6H2,1-5H3,(H,15,16,18)/b9-7-. The second kappa shape index (κ2) is 7.75. The average molecular weight is 376 g/mol. The number of hydrogen-bond donors (Lipinski definition) is 1. The molecule has 0 fully saturated rings. The Balaban J connectivity index is 2.93. The highest BCUT2D eigenvalue weighted by atomic mass is 32.2. The number of allylic oxidation sites excluding steroid dienone is 1. The molecule has 0 unspecified atom stereocenters. The number of amides is 1. The largest absolute Gasteiger partial charge is 0.444 e. The van der Waals surface area contributed by atoms with Crippen molar-refractivity contribution in [2.75, 3.05) is 11.6 Å². The lowest BCUT2D eigenvalue weighted by molar-refractivity contribution is -0.127. The summed E-state index contributed by atoms with van der Waals surface area (Å²) in [6.45, 7) is 6.95. The van der Waals surface area contributed by atoms with Crippen LogP contribution in [0.3, 0.4) is 0 Å². The van der Waals surface area contributed by atoms with E-state index in [0.29, 0.717) is 6.42 Å². The summed E-state index contributed by atoms with van der Waals surface area (Å²) >= 11 is 1.07. The zero-order valence-electron chi connectivity index (χ0n) is 14.1. The molecule has 0 bridgehead atoms. The number of aromatic nitrogens is 1. The van der Waals surface area contributed by atoms with Crippen molar-refractivity contribution < 1.29 is 26.9 Å². The third-order valence-electron chi connectivity index (χ3n) is 2.24. The molecule has 1 amide bonds. The third kappa shape index (κ3) is 7.09. The number of anilines is 1. The van der Waals surface area contributed by atoms with Gasteiger partial charge in [0.2, 0.25) is 0 Å². The van der Waals surface area contributed by atoms with Gasteiger partial charge in [0.15, 0.2) is 5.13 Å². The second-order valence-electron chi connectivity index (χ2n) is 5.77. The molecule has 1 aromatic rings. The molecular formula is C14H20N2O6S2. The van der Waals surface area contributed by atoms with Crippen LogP contribution in [0.1, 0.15) is 39.8 Å². The summed E-state index contributed by atoms with van der Waals surface area (Å²) in [6.07, 6.45) is 2.08. The first-order valence-corrected chi connectivity index (χ1v) is 9.70. The van der Waals surface area contributed by atoms with Gasteiger partial charge >= 0.3 is 22.2 Å². The molecule has 0 aliphatic carbocycles. The van der Waals surface area contributed by atoms with Crippen LogP contribution in [0.5, 0.6) is 0 Å². The number of ether oxygens (including phenoxy) is 1. The van der Waals surface area contributed by atoms with Gasteiger partial charge in [0.1, 0.15) is 5.60 Å². The maximum atomic E-state index is 12.0. The summed E-state index contributed by atoms with van der Waals surface area (Å²) in [5, 5.41) is 4.18. The first-order chi connectivity index (χ1) is 10.9. The molecule has 0 saturated carbocycles. The van der Waals surface area contributed by atoms with Gasteiger partial charge in [0.25, 0.3) is 0 Å². The van der Waals surface area contributed by atoms with Gasteiger partial charge in [-0.3, -0.25) is 5.32 Å². The van der Waals surface area contributed by atoms with Gasteiger partial charge in [0, 0.05) is 5.38 Å². The van der Waals surface area contributed by atoms with Crippen molar-refractivity contribution in [2.24, 2.45) is 0 Å². The molecule has 1 N–H and O–H groups in total.